The number of hydrogen-bond acceptors (Lipinski definition) is 3. The van der Waals surface area contributed by atoms with Gasteiger partial charge >= 0.3 is 0 Å². The van der Waals surface area contributed by atoms with Gasteiger partial charge in [-0.15, -0.1) is 11.3 Å². The van der Waals surface area contributed by atoms with E-state index in [0.29, 0.717) is 16.5 Å². The summed E-state index contributed by atoms with van der Waals surface area (Å²) in [6.07, 6.45) is 1.51. The molecule has 0 saturated heterocycles. The van der Waals surface area contributed by atoms with Gasteiger partial charge in [0.05, 0.1) is 16.2 Å². The molecule has 1 N–H and O–H groups in total. The third-order valence-corrected chi connectivity index (χ3v) is 3.66. The number of rotatable bonds is 3. The second kappa shape index (κ2) is 4.72. The van der Waals surface area contributed by atoms with Crippen LogP contribution in [0, 0.1) is 5.82 Å². The fourth-order valence-corrected chi connectivity index (χ4v) is 2.81. The number of pyridine rings is 1. The van der Waals surface area contributed by atoms with Crippen LogP contribution in [0.4, 0.5) is 4.39 Å². The molecule has 0 fully saturated rings. The lowest BCUT2D eigenvalue weighted by Crippen LogP contribution is -2.25. The predicted octanol–water partition coefficient (Wildman–Crippen LogP) is 3.39. The number of hydrogen-bond donors (Lipinski definition) is 1. The first kappa shape index (κ1) is 12.5. The van der Waals surface area contributed by atoms with Crippen LogP contribution in [0.2, 0.25) is 4.34 Å². The fraction of sp³-hybridized carbons (Fsp3) is 0.250. The van der Waals surface area contributed by atoms with Gasteiger partial charge in [0, 0.05) is 11.3 Å². The zero-order valence-electron chi connectivity index (χ0n) is 9.15. The van der Waals surface area contributed by atoms with Crippen molar-refractivity contribution in [1.82, 2.24) is 4.98 Å². The van der Waals surface area contributed by atoms with Crippen molar-refractivity contribution in [2.75, 3.05) is 0 Å². The van der Waals surface area contributed by atoms with Gasteiger partial charge in [0.1, 0.15) is 11.4 Å². The summed E-state index contributed by atoms with van der Waals surface area (Å²) in [7, 11) is 0. The molecule has 1 atom stereocenters. The van der Waals surface area contributed by atoms with Gasteiger partial charge < -0.3 is 5.11 Å². The highest BCUT2D eigenvalue weighted by atomic mass is 35.5. The first-order chi connectivity index (χ1) is 7.97. The monoisotopic (exact) mass is 271 g/mol. The SMILES string of the molecule is CC(O)(Cc1ccc(Cl)s1)c1ccc(F)cn1. The van der Waals surface area contributed by atoms with E-state index in [2.05, 4.69) is 4.98 Å². The van der Waals surface area contributed by atoms with E-state index in [0.717, 1.165) is 11.1 Å². The van der Waals surface area contributed by atoms with E-state index in [1.807, 2.05) is 6.07 Å². The molecular formula is C12H11ClFNOS. The van der Waals surface area contributed by atoms with E-state index in [1.54, 1.807) is 13.0 Å². The summed E-state index contributed by atoms with van der Waals surface area (Å²) in [6, 6.07) is 6.43. The van der Waals surface area contributed by atoms with Crippen molar-refractivity contribution in [1.29, 1.82) is 0 Å². The van der Waals surface area contributed by atoms with Crippen molar-refractivity contribution in [3.8, 4) is 0 Å². The van der Waals surface area contributed by atoms with Crippen LogP contribution in [0.1, 0.15) is 17.5 Å². The molecule has 0 bridgehead atoms. The van der Waals surface area contributed by atoms with Crippen molar-refractivity contribution < 1.29 is 9.50 Å². The summed E-state index contributed by atoms with van der Waals surface area (Å²) in [4.78, 5) is 4.86. The molecule has 17 heavy (non-hydrogen) atoms. The second-order valence-electron chi connectivity index (χ2n) is 4.02. The third kappa shape index (κ3) is 3.03. The first-order valence-electron chi connectivity index (χ1n) is 5.06. The van der Waals surface area contributed by atoms with Crippen molar-refractivity contribution >= 4 is 22.9 Å². The molecule has 2 nitrogen and oxygen atoms in total. The van der Waals surface area contributed by atoms with E-state index in [-0.39, 0.29) is 0 Å². The van der Waals surface area contributed by atoms with Gasteiger partial charge in [0.15, 0.2) is 0 Å². The summed E-state index contributed by atoms with van der Waals surface area (Å²) in [5, 5.41) is 10.3. The van der Waals surface area contributed by atoms with Crippen LogP contribution in [-0.4, -0.2) is 10.1 Å². The number of aromatic nitrogens is 1. The quantitative estimate of drug-likeness (QED) is 0.928. The smallest absolute Gasteiger partial charge is 0.141 e. The Morgan fingerprint density at radius 1 is 1.41 bits per heavy atom. The zero-order chi connectivity index (χ0) is 12.5. The Hall–Kier alpha value is -0.970. The van der Waals surface area contributed by atoms with Crippen molar-refractivity contribution in [3.63, 3.8) is 0 Å². The van der Waals surface area contributed by atoms with Gasteiger partial charge in [-0.25, -0.2) is 4.39 Å². The molecule has 0 saturated carbocycles. The van der Waals surface area contributed by atoms with E-state index in [1.165, 1.54) is 23.5 Å². The van der Waals surface area contributed by atoms with E-state index < -0.39 is 11.4 Å². The number of thiophene rings is 1. The Morgan fingerprint density at radius 3 is 2.71 bits per heavy atom. The summed E-state index contributed by atoms with van der Waals surface area (Å²) in [6.45, 7) is 1.65. The molecule has 2 aromatic rings. The molecule has 0 aliphatic rings. The highest BCUT2D eigenvalue weighted by Gasteiger charge is 2.25. The molecule has 90 valence electrons. The molecule has 0 aromatic carbocycles. The van der Waals surface area contributed by atoms with Gasteiger partial charge in [-0.05, 0) is 31.2 Å². The Balaban J connectivity index is 2.21. The topological polar surface area (TPSA) is 33.1 Å². The van der Waals surface area contributed by atoms with Gasteiger partial charge in [-0.1, -0.05) is 11.6 Å². The van der Waals surface area contributed by atoms with Crippen LogP contribution in [0.5, 0.6) is 0 Å². The molecule has 0 radical (unpaired) electrons. The van der Waals surface area contributed by atoms with Crippen molar-refractivity contribution in [3.05, 3.63) is 51.2 Å². The second-order valence-corrected chi connectivity index (χ2v) is 5.82. The van der Waals surface area contributed by atoms with Crippen LogP contribution < -0.4 is 0 Å². The summed E-state index contributed by atoms with van der Waals surface area (Å²) >= 11 is 7.24. The first-order valence-corrected chi connectivity index (χ1v) is 6.25. The Bertz CT molecular complexity index is 509. The molecule has 0 aliphatic heterocycles. The minimum atomic E-state index is -1.12. The molecule has 0 aliphatic carbocycles. The summed E-state index contributed by atoms with van der Waals surface area (Å²) in [5.41, 5.74) is -0.676. The highest BCUT2D eigenvalue weighted by molar-refractivity contribution is 7.16. The fourth-order valence-electron chi connectivity index (χ4n) is 1.57. The van der Waals surface area contributed by atoms with Crippen LogP contribution in [0.25, 0.3) is 0 Å². The lowest BCUT2D eigenvalue weighted by molar-refractivity contribution is 0.0537. The molecule has 2 heterocycles. The molecular weight excluding hydrogens is 261 g/mol. The van der Waals surface area contributed by atoms with Gasteiger partial charge in [-0.2, -0.15) is 0 Å². The maximum absolute atomic E-state index is 12.7. The maximum atomic E-state index is 12.7. The largest absolute Gasteiger partial charge is 0.383 e. The van der Waals surface area contributed by atoms with Crippen LogP contribution in [0.15, 0.2) is 30.5 Å². The van der Waals surface area contributed by atoms with Crippen LogP contribution in [-0.2, 0) is 12.0 Å². The van der Waals surface area contributed by atoms with Gasteiger partial charge in [0.25, 0.3) is 0 Å². The zero-order valence-corrected chi connectivity index (χ0v) is 10.7. The van der Waals surface area contributed by atoms with Crippen molar-refractivity contribution in [2.45, 2.75) is 18.9 Å². The highest BCUT2D eigenvalue weighted by Crippen LogP contribution is 2.29. The number of halogens is 2. The van der Waals surface area contributed by atoms with Gasteiger partial charge in [0.2, 0.25) is 0 Å². The molecule has 0 amide bonds. The average Bonchev–Trinajstić information content (AvgIpc) is 2.63. The summed E-state index contributed by atoms with van der Waals surface area (Å²) < 4.78 is 13.4. The number of aliphatic hydroxyl groups is 1. The Kier molecular flexibility index (Phi) is 3.47. The standard InChI is InChI=1S/C12H11ClFNOS/c1-12(16,6-9-3-5-11(13)17-9)10-4-2-8(14)7-15-10/h2-5,7,16H,6H2,1H3. The number of nitrogens with zero attached hydrogens (tertiary/aromatic N) is 1. The average molecular weight is 272 g/mol. The minimum absolute atomic E-state index is 0.406. The lowest BCUT2D eigenvalue weighted by atomic mass is 9.96. The Labute approximate surface area is 108 Å². The lowest BCUT2D eigenvalue weighted by Gasteiger charge is -2.21. The normalized spacial score (nSPS) is 14.6. The van der Waals surface area contributed by atoms with Gasteiger partial charge in [-0.3, -0.25) is 4.98 Å². The van der Waals surface area contributed by atoms with Crippen molar-refractivity contribution in [2.24, 2.45) is 0 Å². The predicted molar refractivity (Wildman–Crippen MR) is 66.8 cm³/mol. The molecule has 2 rings (SSSR count). The third-order valence-electron chi connectivity index (χ3n) is 2.43. The van der Waals surface area contributed by atoms with E-state index in [4.69, 9.17) is 11.6 Å². The maximum Gasteiger partial charge on any atom is 0.141 e. The van der Waals surface area contributed by atoms with E-state index >= 15 is 0 Å². The molecule has 5 heteroatoms. The molecule has 0 spiro atoms. The van der Waals surface area contributed by atoms with E-state index in [9.17, 15) is 9.50 Å². The molecule has 1 unspecified atom stereocenters. The van der Waals surface area contributed by atoms with Crippen LogP contribution in [0.3, 0.4) is 0 Å². The van der Waals surface area contributed by atoms with Crippen LogP contribution >= 0.6 is 22.9 Å². The Morgan fingerprint density at radius 2 is 2.18 bits per heavy atom. The minimum Gasteiger partial charge on any atom is -0.383 e. The molecule has 2 aromatic heterocycles. The summed E-state index contributed by atoms with van der Waals surface area (Å²) in [5.74, 6) is -0.413.